The van der Waals surface area contributed by atoms with E-state index in [-0.39, 0.29) is 5.91 Å². The molecule has 2 aromatic heterocycles. The molecule has 146 valence electrons. The topological polar surface area (TPSA) is 59.8 Å². The lowest BCUT2D eigenvalue weighted by molar-refractivity contribution is -0.110. The molecule has 3 heterocycles. The third kappa shape index (κ3) is 3.51. The van der Waals surface area contributed by atoms with Crippen molar-refractivity contribution in [3.63, 3.8) is 0 Å². The van der Waals surface area contributed by atoms with Gasteiger partial charge in [-0.2, -0.15) is 5.10 Å². The molecular formula is C24H17ClN4O. The molecule has 4 aromatic rings. The van der Waals surface area contributed by atoms with Crippen LogP contribution in [0.15, 0.2) is 79.3 Å². The summed E-state index contributed by atoms with van der Waals surface area (Å²) in [5.74, 6) is -0.165. The van der Waals surface area contributed by atoms with E-state index in [9.17, 15) is 4.79 Å². The van der Waals surface area contributed by atoms with Crippen LogP contribution in [-0.4, -0.2) is 20.7 Å². The van der Waals surface area contributed by atoms with Crippen molar-refractivity contribution < 1.29 is 4.79 Å². The van der Waals surface area contributed by atoms with E-state index in [1.807, 2.05) is 53.4 Å². The Morgan fingerprint density at radius 1 is 1.03 bits per heavy atom. The highest BCUT2D eigenvalue weighted by atomic mass is 35.5. The molecule has 0 spiro atoms. The highest BCUT2D eigenvalue weighted by molar-refractivity contribution is 6.36. The third-order valence-corrected chi connectivity index (χ3v) is 5.23. The number of nitrogens with one attached hydrogen (secondary N) is 1. The SMILES string of the molecule is O=C1Nc2cc(Cl)ccc2/C1=C\c1nn(Cc2ccccc2)cc1-c1cccnc1. The Morgan fingerprint density at radius 3 is 2.70 bits per heavy atom. The Hall–Kier alpha value is -3.70. The molecule has 5 rings (SSSR count). The van der Waals surface area contributed by atoms with Gasteiger partial charge in [0.2, 0.25) is 0 Å². The lowest BCUT2D eigenvalue weighted by Gasteiger charge is -2.01. The second-order valence-corrected chi connectivity index (χ2v) is 7.49. The monoisotopic (exact) mass is 412 g/mol. The van der Waals surface area contributed by atoms with E-state index < -0.39 is 0 Å². The summed E-state index contributed by atoms with van der Waals surface area (Å²) in [6.07, 6.45) is 7.36. The fourth-order valence-corrected chi connectivity index (χ4v) is 3.76. The van der Waals surface area contributed by atoms with Crippen molar-refractivity contribution in [1.29, 1.82) is 0 Å². The zero-order chi connectivity index (χ0) is 20.5. The summed E-state index contributed by atoms with van der Waals surface area (Å²) >= 11 is 6.07. The summed E-state index contributed by atoms with van der Waals surface area (Å²) in [4.78, 5) is 16.9. The van der Waals surface area contributed by atoms with Crippen molar-refractivity contribution in [2.45, 2.75) is 6.54 Å². The maximum Gasteiger partial charge on any atom is 0.256 e. The number of anilines is 1. The van der Waals surface area contributed by atoms with E-state index in [2.05, 4.69) is 22.4 Å². The summed E-state index contributed by atoms with van der Waals surface area (Å²) in [7, 11) is 0. The van der Waals surface area contributed by atoms with Gasteiger partial charge in [-0.15, -0.1) is 0 Å². The highest BCUT2D eigenvalue weighted by Gasteiger charge is 2.25. The van der Waals surface area contributed by atoms with Gasteiger partial charge in [0.1, 0.15) is 0 Å². The molecule has 6 heteroatoms. The minimum atomic E-state index is -0.165. The van der Waals surface area contributed by atoms with Gasteiger partial charge in [0.15, 0.2) is 0 Å². The smallest absolute Gasteiger partial charge is 0.256 e. The molecule has 30 heavy (non-hydrogen) atoms. The van der Waals surface area contributed by atoms with Crippen LogP contribution in [0.4, 0.5) is 5.69 Å². The van der Waals surface area contributed by atoms with Crippen LogP contribution in [0, 0.1) is 0 Å². The van der Waals surface area contributed by atoms with Crippen LogP contribution in [0.1, 0.15) is 16.8 Å². The average Bonchev–Trinajstić information content (AvgIpc) is 3.29. The third-order valence-electron chi connectivity index (χ3n) is 5.00. The molecular weight excluding hydrogens is 396 g/mol. The molecule has 5 nitrogen and oxygen atoms in total. The molecule has 0 unspecified atom stereocenters. The van der Waals surface area contributed by atoms with Crippen LogP contribution in [0.25, 0.3) is 22.8 Å². The first-order valence-electron chi connectivity index (χ1n) is 9.52. The van der Waals surface area contributed by atoms with Crippen molar-refractivity contribution in [2.75, 3.05) is 5.32 Å². The molecule has 0 atom stereocenters. The Bertz CT molecular complexity index is 1260. The normalized spacial score (nSPS) is 14.0. The van der Waals surface area contributed by atoms with Gasteiger partial charge in [0.25, 0.3) is 5.91 Å². The van der Waals surface area contributed by atoms with Gasteiger partial charge in [0, 0.05) is 40.3 Å². The van der Waals surface area contributed by atoms with E-state index in [0.29, 0.717) is 28.5 Å². The number of aromatic nitrogens is 3. The van der Waals surface area contributed by atoms with Crippen LogP contribution in [-0.2, 0) is 11.3 Å². The Morgan fingerprint density at radius 2 is 1.90 bits per heavy atom. The maximum absolute atomic E-state index is 12.6. The number of pyridine rings is 1. The predicted octanol–water partition coefficient (Wildman–Crippen LogP) is 5.14. The fraction of sp³-hybridized carbons (Fsp3) is 0.0417. The molecule has 1 aliphatic heterocycles. The summed E-state index contributed by atoms with van der Waals surface area (Å²) < 4.78 is 1.89. The molecule has 0 saturated carbocycles. The molecule has 1 amide bonds. The fourth-order valence-electron chi connectivity index (χ4n) is 3.59. The zero-order valence-electron chi connectivity index (χ0n) is 15.9. The maximum atomic E-state index is 12.6. The molecule has 0 bridgehead atoms. The van der Waals surface area contributed by atoms with Gasteiger partial charge >= 0.3 is 0 Å². The number of nitrogens with zero attached hydrogens (tertiary/aromatic N) is 3. The van der Waals surface area contributed by atoms with E-state index in [1.54, 1.807) is 24.5 Å². The van der Waals surface area contributed by atoms with Gasteiger partial charge in [0.05, 0.1) is 23.5 Å². The predicted molar refractivity (Wildman–Crippen MR) is 119 cm³/mol. The number of amides is 1. The average molecular weight is 413 g/mol. The van der Waals surface area contributed by atoms with Crippen LogP contribution < -0.4 is 5.32 Å². The second-order valence-electron chi connectivity index (χ2n) is 7.05. The van der Waals surface area contributed by atoms with Gasteiger partial charge in [-0.05, 0) is 29.8 Å². The molecule has 0 saturated heterocycles. The Labute approximate surface area is 178 Å². The van der Waals surface area contributed by atoms with Crippen molar-refractivity contribution >= 4 is 34.8 Å². The standard InChI is InChI=1S/C24H17ClN4O/c25-18-8-9-19-20(24(30)27-22(19)11-18)12-23-21(17-7-4-10-26-13-17)15-29(28-23)14-16-5-2-1-3-6-16/h1-13,15H,14H2,(H,27,30)/b20-12+. The van der Waals surface area contributed by atoms with Gasteiger partial charge < -0.3 is 5.32 Å². The minimum Gasteiger partial charge on any atom is -0.321 e. The van der Waals surface area contributed by atoms with Crippen molar-refractivity contribution in [1.82, 2.24) is 14.8 Å². The molecule has 1 aliphatic rings. The van der Waals surface area contributed by atoms with Crippen LogP contribution in [0.5, 0.6) is 0 Å². The summed E-state index contributed by atoms with van der Waals surface area (Å²) in [5.41, 5.74) is 5.82. The number of carbonyl (C=O) groups is 1. The number of carbonyl (C=O) groups excluding carboxylic acids is 1. The van der Waals surface area contributed by atoms with Crippen molar-refractivity contribution in [3.8, 4) is 11.1 Å². The lowest BCUT2D eigenvalue weighted by atomic mass is 10.0. The van der Waals surface area contributed by atoms with Gasteiger partial charge in [-0.1, -0.05) is 54.1 Å². The van der Waals surface area contributed by atoms with E-state index >= 15 is 0 Å². The number of hydrogen-bond donors (Lipinski definition) is 1. The summed E-state index contributed by atoms with van der Waals surface area (Å²) in [6.45, 7) is 0.635. The lowest BCUT2D eigenvalue weighted by Crippen LogP contribution is -2.04. The Kier molecular flexibility index (Phi) is 4.65. The zero-order valence-corrected chi connectivity index (χ0v) is 16.7. The molecule has 0 fully saturated rings. The molecule has 0 radical (unpaired) electrons. The highest BCUT2D eigenvalue weighted by Crippen LogP contribution is 2.36. The summed E-state index contributed by atoms with van der Waals surface area (Å²) in [5, 5.41) is 8.23. The molecule has 2 aromatic carbocycles. The van der Waals surface area contributed by atoms with Gasteiger partial charge in [-0.3, -0.25) is 14.5 Å². The number of benzene rings is 2. The largest absolute Gasteiger partial charge is 0.321 e. The van der Waals surface area contributed by atoms with Crippen LogP contribution in [0.2, 0.25) is 5.02 Å². The Balaban J connectivity index is 1.61. The van der Waals surface area contributed by atoms with Crippen molar-refractivity contribution in [2.24, 2.45) is 0 Å². The number of hydrogen-bond acceptors (Lipinski definition) is 3. The number of fused-ring (bicyclic) bond motifs is 1. The number of halogens is 1. The first kappa shape index (κ1) is 18.3. The van der Waals surface area contributed by atoms with E-state index in [1.165, 1.54) is 0 Å². The first-order valence-corrected chi connectivity index (χ1v) is 9.90. The minimum absolute atomic E-state index is 0.165. The van der Waals surface area contributed by atoms with Crippen LogP contribution >= 0.6 is 11.6 Å². The quantitative estimate of drug-likeness (QED) is 0.472. The second kappa shape index (κ2) is 7.61. The first-order chi connectivity index (χ1) is 14.7. The molecule has 1 N–H and O–H groups in total. The molecule has 0 aliphatic carbocycles. The summed E-state index contributed by atoms with van der Waals surface area (Å²) in [6, 6.07) is 19.4. The van der Waals surface area contributed by atoms with Crippen LogP contribution in [0.3, 0.4) is 0 Å². The van der Waals surface area contributed by atoms with Crippen molar-refractivity contribution in [3.05, 3.63) is 101 Å². The van der Waals surface area contributed by atoms with Gasteiger partial charge in [-0.25, -0.2) is 0 Å². The van der Waals surface area contributed by atoms with E-state index in [4.69, 9.17) is 16.7 Å². The number of rotatable bonds is 4. The van der Waals surface area contributed by atoms with E-state index in [0.717, 1.165) is 22.3 Å².